The van der Waals surface area contributed by atoms with Gasteiger partial charge in [-0.3, -0.25) is 9.69 Å². The molecule has 7 heteroatoms. The molecule has 0 aromatic heterocycles. The van der Waals surface area contributed by atoms with E-state index in [9.17, 15) is 9.90 Å². The van der Waals surface area contributed by atoms with E-state index in [-0.39, 0.29) is 23.5 Å². The Kier molecular flexibility index (Phi) is 7.79. The molecule has 1 aliphatic heterocycles. The van der Waals surface area contributed by atoms with Crippen LogP contribution in [0, 0.1) is 5.82 Å². The molecule has 39 heavy (non-hydrogen) atoms. The highest BCUT2D eigenvalue weighted by atomic mass is 19.1. The van der Waals surface area contributed by atoms with Crippen LogP contribution in [0.25, 0.3) is 11.1 Å². The molecule has 4 aromatic rings. The number of hydrogen-bond donors (Lipinski definition) is 2. The third-order valence-electron chi connectivity index (χ3n) is 7.33. The van der Waals surface area contributed by atoms with Crippen LogP contribution in [0.5, 0.6) is 11.5 Å². The molecule has 200 valence electrons. The van der Waals surface area contributed by atoms with Gasteiger partial charge < -0.3 is 20.1 Å². The Bertz CT molecular complexity index is 1430. The van der Waals surface area contributed by atoms with Gasteiger partial charge in [0.05, 0.1) is 7.11 Å². The number of halogens is 1. The molecule has 5 rings (SSSR count). The van der Waals surface area contributed by atoms with Gasteiger partial charge in [-0.2, -0.15) is 0 Å². The Morgan fingerprint density at radius 3 is 2.23 bits per heavy atom. The van der Waals surface area contributed by atoms with Gasteiger partial charge in [0.15, 0.2) is 0 Å². The first-order chi connectivity index (χ1) is 18.9. The summed E-state index contributed by atoms with van der Waals surface area (Å²) in [4.78, 5) is 17.2. The Hall–Kier alpha value is -4.36. The Morgan fingerprint density at radius 1 is 0.897 bits per heavy atom. The van der Waals surface area contributed by atoms with Crippen molar-refractivity contribution in [2.75, 3.05) is 43.5 Å². The molecule has 1 aliphatic rings. The third kappa shape index (κ3) is 6.04. The first kappa shape index (κ1) is 26.3. The minimum atomic E-state index is -0.241. The van der Waals surface area contributed by atoms with E-state index >= 15 is 4.39 Å². The van der Waals surface area contributed by atoms with Gasteiger partial charge in [0.1, 0.15) is 17.3 Å². The van der Waals surface area contributed by atoms with Gasteiger partial charge >= 0.3 is 0 Å². The summed E-state index contributed by atoms with van der Waals surface area (Å²) in [6.45, 7) is 5.26. The lowest BCUT2D eigenvalue weighted by Crippen LogP contribution is -2.47. The predicted octanol–water partition coefficient (Wildman–Crippen LogP) is 6.34. The summed E-state index contributed by atoms with van der Waals surface area (Å²) in [5, 5.41) is 12.6. The van der Waals surface area contributed by atoms with Crippen LogP contribution in [0.1, 0.15) is 28.9 Å². The van der Waals surface area contributed by atoms with Crippen molar-refractivity contribution in [3.8, 4) is 22.6 Å². The highest BCUT2D eigenvalue weighted by Crippen LogP contribution is 2.30. The van der Waals surface area contributed by atoms with Crippen molar-refractivity contribution >= 4 is 17.3 Å². The first-order valence-corrected chi connectivity index (χ1v) is 13.0. The van der Waals surface area contributed by atoms with E-state index in [1.54, 1.807) is 55.6 Å². The Morgan fingerprint density at radius 2 is 1.59 bits per heavy atom. The van der Waals surface area contributed by atoms with Crippen LogP contribution in [0.2, 0.25) is 0 Å². The van der Waals surface area contributed by atoms with Crippen molar-refractivity contribution in [2.24, 2.45) is 0 Å². The summed E-state index contributed by atoms with van der Waals surface area (Å²) in [6.07, 6.45) is 0. The van der Waals surface area contributed by atoms with E-state index in [0.717, 1.165) is 48.7 Å². The maximum Gasteiger partial charge on any atom is 0.255 e. The number of nitrogens with one attached hydrogen (secondary N) is 1. The van der Waals surface area contributed by atoms with E-state index in [2.05, 4.69) is 15.1 Å². The molecule has 1 amide bonds. The van der Waals surface area contributed by atoms with Crippen LogP contribution in [-0.4, -0.2) is 49.2 Å². The molecule has 4 aromatic carbocycles. The number of phenolic OH excluding ortho intramolecular Hbond substituents is 1. The molecule has 2 N–H and O–H groups in total. The number of piperazine rings is 1. The maximum atomic E-state index is 15.1. The number of phenols is 1. The van der Waals surface area contributed by atoms with Crippen LogP contribution < -0.4 is 15.0 Å². The van der Waals surface area contributed by atoms with Gasteiger partial charge in [0.2, 0.25) is 0 Å². The number of rotatable bonds is 7. The molecule has 1 fully saturated rings. The molecule has 0 spiro atoms. The summed E-state index contributed by atoms with van der Waals surface area (Å²) in [6, 6.07) is 26.9. The molecule has 1 saturated heterocycles. The number of carbonyl (C=O) groups excluding carboxylic acids is 1. The highest BCUT2D eigenvalue weighted by molar-refractivity contribution is 6.04. The minimum absolute atomic E-state index is 0.0607. The number of methoxy groups -OCH3 is 1. The zero-order chi connectivity index (χ0) is 27.4. The second-order valence-corrected chi connectivity index (χ2v) is 9.72. The van der Waals surface area contributed by atoms with E-state index in [1.807, 2.05) is 49.4 Å². The number of carbonyl (C=O) groups is 1. The van der Waals surface area contributed by atoms with Crippen molar-refractivity contribution in [1.82, 2.24) is 4.90 Å². The summed E-state index contributed by atoms with van der Waals surface area (Å²) in [5.74, 6) is 0.492. The smallest absolute Gasteiger partial charge is 0.255 e. The van der Waals surface area contributed by atoms with Crippen LogP contribution in [0.15, 0.2) is 91.0 Å². The first-order valence-electron chi connectivity index (χ1n) is 13.0. The second kappa shape index (κ2) is 11.6. The standard InChI is InChI=1S/C32H32FN3O3/c1-22(30-15-8-25(21-31(30)33)24-4-3-5-28(37)20-24)35-16-18-36(19-17-35)27-11-6-23(7-12-27)32(38)34-26-9-13-29(39-2)14-10-26/h3-15,20-22,37H,16-19H2,1-2H3,(H,34,38). The summed E-state index contributed by atoms with van der Waals surface area (Å²) < 4.78 is 20.3. The number of amides is 1. The molecule has 1 heterocycles. The fourth-order valence-electron chi connectivity index (χ4n) is 5.00. The lowest BCUT2D eigenvalue weighted by Gasteiger charge is -2.39. The quantitative estimate of drug-likeness (QED) is 0.295. The van der Waals surface area contributed by atoms with E-state index in [1.165, 1.54) is 0 Å². The molecule has 0 radical (unpaired) electrons. The second-order valence-electron chi connectivity index (χ2n) is 9.72. The van der Waals surface area contributed by atoms with Crippen LogP contribution in [-0.2, 0) is 0 Å². The number of ether oxygens (including phenoxy) is 1. The number of hydrogen-bond acceptors (Lipinski definition) is 5. The van der Waals surface area contributed by atoms with E-state index < -0.39 is 0 Å². The average Bonchev–Trinajstić information content (AvgIpc) is 2.97. The molecule has 0 saturated carbocycles. The van der Waals surface area contributed by atoms with Crippen molar-refractivity contribution in [1.29, 1.82) is 0 Å². The number of anilines is 2. The van der Waals surface area contributed by atoms with Crippen LogP contribution >= 0.6 is 0 Å². The third-order valence-corrected chi connectivity index (χ3v) is 7.33. The van der Waals surface area contributed by atoms with Gasteiger partial charge in [0.25, 0.3) is 5.91 Å². The topological polar surface area (TPSA) is 65.0 Å². The molecule has 0 bridgehead atoms. The van der Waals surface area contributed by atoms with Gasteiger partial charge in [-0.1, -0.05) is 24.3 Å². The van der Waals surface area contributed by atoms with Crippen molar-refractivity contribution in [3.63, 3.8) is 0 Å². The van der Waals surface area contributed by atoms with Gasteiger partial charge in [0, 0.05) is 54.7 Å². The van der Waals surface area contributed by atoms with Crippen molar-refractivity contribution < 1.29 is 19.0 Å². The largest absolute Gasteiger partial charge is 0.508 e. The fourth-order valence-corrected chi connectivity index (χ4v) is 5.00. The van der Waals surface area contributed by atoms with Gasteiger partial charge in [-0.25, -0.2) is 4.39 Å². The maximum absolute atomic E-state index is 15.1. The molecule has 1 unspecified atom stereocenters. The predicted molar refractivity (Wildman–Crippen MR) is 153 cm³/mol. The highest BCUT2D eigenvalue weighted by Gasteiger charge is 2.24. The van der Waals surface area contributed by atoms with Crippen LogP contribution in [0.4, 0.5) is 15.8 Å². The lowest BCUT2D eigenvalue weighted by atomic mass is 9.99. The fraction of sp³-hybridized carbons (Fsp3) is 0.219. The molecule has 0 aliphatic carbocycles. The Balaban J connectivity index is 1.17. The zero-order valence-electron chi connectivity index (χ0n) is 22.1. The zero-order valence-corrected chi connectivity index (χ0v) is 22.1. The van der Waals surface area contributed by atoms with E-state index in [0.29, 0.717) is 16.8 Å². The van der Waals surface area contributed by atoms with E-state index in [4.69, 9.17) is 4.74 Å². The van der Waals surface area contributed by atoms with Crippen molar-refractivity contribution in [3.05, 3.63) is 108 Å². The Labute approximate surface area is 228 Å². The molecule has 6 nitrogen and oxygen atoms in total. The molecular formula is C32H32FN3O3. The normalized spacial score (nSPS) is 14.6. The summed E-state index contributed by atoms with van der Waals surface area (Å²) in [5.41, 5.74) is 4.55. The number of nitrogens with zero attached hydrogens (tertiary/aromatic N) is 2. The van der Waals surface area contributed by atoms with Gasteiger partial charge in [-0.15, -0.1) is 0 Å². The SMILES string of the molecule is COc1ccc(NC(=O)c2ccc(N3CCN(C(C)c4ccc(-c5cccc(O)c5)cc4F)CC3)cc2)cc1. The molecular weight excluding hydrogens is 493 g/mol. The minimum Gasteiger partial charge on any atom is -0.508 e. The summed E-state index contributed by atoms with van der Waals surface area (Å²) >= 11 is 0. The van der Waals surface area contributed by atoms with Crippen molar-refractivity contribution in [2.45, 2.75) is 13.0 Å². The molecule has 1 atom stereocenters. The van der Waals surface area contributed by atoms with Crippen LogP contribution in [0.3, 0.4) is 0 Å². The lowest BCUT2D eigenvalue weighted by molar-refractivity contribution is 0.102. The number of benzene rings is 4. The average molecular weight is 526 g/mol. The van der Waals surface area contributed by atoms with Gasteiger partial charge in [-0.05, 0) is 84.8 Å². The monoisotopic (exact) mass is 525 g/mol. The summed E-state index contributed by atoms with van der Waals surface area (Å²) in [7, 11) is 1.61. The number of aromatic hydroxyl groups is 1.